The normalized spacial score (nSPS) is 30.8. The summed E-state index contributed by atoms with van der Waals surface area (Å²) in [7, 11) is -3.62. The molecule has 4 atom stereocenters. The number of thiophene rings is 1. The smallest absolute Gasteiger partial charge is 0.307 e. The highest BCUT2D eigenvalue weighted by Gasteiger charge is 2.52. The third-order valence-electron chi connectivity index (χ3n) is 5.72. The summed E-state index contributed by atoms with van der Waals surface area (Å²) in [6.07, 6.45) is 4.57. The predicted molar refractivity (Wildman–Crippen MR) is 100 cm³/mol. The first kappa shape index (κ1) is 18.9. The Balaban J connectivity index is 1.44. The van der Waals surface area contributed by atoms with Crippen LogP contribution in [0.3, 0.4) is 0 Å². The zero-order chi connectivity index (χ0) is 19.3. The third-order valence-corrected chi connectivity index (χ3v) is 9.32. The number of fused-ring (bicyclic) bond motifs is 2. The third kappa shape index (κ3) is 3.20. The lowest BCUT2D eigenvalue weighted by atomic mass is 9.82. The van der Waals surface area contributed by atoms with Gasteiger partial charge in [-0.15, -0.1) is 11.3 Å². The Morgan fingerprint density at radius 1 is 1.07 bits per heavy atom. The van der Waals surface area contributed by atoms with Crippen LogP contribution in [0.4, 0.5) is 0 Å². The second-order valence-electron chi connectivity index (χ2n) is 7.13. The maximum atomic E-state index is 13.0. The average Bonchev–Trinajstić information content (AvgIpc) is 3.36. The standard InChI is InChI=1S/C17H19ClN2O5S2/c18-12-3-4-13(26-12)27(24,25)20-7-5-19(6-8-20)16(21)14-10-1-2-11(9-10)15(14)17(22)23/h1-4,10-11,14-15H,5-9H2,(H,22,23). The fourth-order valence-corrected chi connectivity index (χ4v) is 7.48. The highest BCUT2D eigenvalue weighted by Crippen LogP contribution is 2.48. The molecule has 4 rings (SSSR count). The second kappa shape index (κ2) is 6.88. The summed E-state index contributed by atoms with van der Waals surface area (Å²) in [6.45, 7) is 0.915. The minimum absolute atomic E-state index is 0.0291. The van der Waals surface area contributed by atoms with E-state index in [1.165, 1.54) is 10.4 Å². The fraction of sp³-hybridized carbons (Fsp3) is 0.529. The number of carboxylic acid groups (broad SMARTS) is 1. The van der Waals surface area contributed by atoms with Gasteiger partial charge in [0.1, 0.15) is 4.21 Å². The van der Waals surface area contributed by atoms with E-state index < -0.39 is 27.8 Å². The van der Waals surface area contributed by atoms with Gasteiger partial charge in [0.05, 0.1) is 16.2 Å². The molecule has 10 heteroatoms. The van der Waals surface area contributed by atoms with Crippen LogP contribution in [0, 0.1) is 23.7 Å². The van der Waals surface area contributed by atoms with Crippen molar-refractivity contribution in [2.75, 3.05) is 26.2 Å². The van der Waals surface area contributed by atoms with Gasteiger partial charge in [-0.05, 0) is 30.4 Å². The quantitative estimate of drug-likeness (QED) is 0.734. The molecule has 2 aliphatic carbocycles. The molecule has 0 aromatic carbocycles. The summed E-state index contributed by atoms with van der Waals surface area (Å²) in [5.41, 5.74) is 0. The summed E-state index contributed by atoms with van der Waals surface area (Å²) < 4.78 is 27.3. The van der Waals surface area contributed by atoms with Gasteiger partial charge >= 0.3 is 5.97 Å². The van der Waals surface area contributed by atoms with Crippen molar-refractivity contribution in [2.24, 2.45) is 23.7 Å². The largest absolute Gasteiger partial charge is 0.481 e. The number of piperazine rings is 1. The first-order valence-electron chi connectivity index (χ1n) is 8.74. The number of carbonyl (C=O) groups excluding carboxylic acids is 1. The summed E-state index contributed by atoms with van der Waals surface area (Å²) in [4.78, 5) is 26.2. The van der Waals surface area contributed by atoms with Crippen LogP contribution in [-0.2, 0) is 19.6 Å². The number of aliphatic carboxylic acids is 1. The zero-order valence-electron chi connectivity index (χ0n) is 14.3. The van der Waals surface area contributed by atoms with Crippen molar-refractivity contribution in [1.82, 2.24) is 9.21 Å². The molecule has 1 N–H and O–H groups in total. The van der Waals surface area contributed by atoms with Gasteiger partial charge in [0.2, 0.25) is 5.91 Å². The molecule has 27 heavy (non-hydrogen) atoms. The van der Waals surface area contributed by atoms with Crippen molar-refractivity contribution in [2.45, 2.75) is 10.6 Å². The molecule has 4 unspecified atom stereocenters. The van der Waals surface area contributed by atoms with E-state index in [4.69, 9.17) is 11.6 Å². The van der Waals surface area contributed by atoms with Gasteiger partial charge in [-0.25, -0.2) is 8.42 Å². The SMILES string of the molecule is O=C(O)C1C2C=CC(C2)C1C(=O)N1CCN(S(=O)(=O)c2ccc(Cl)s2)CC1. The lowest BCUT2D eigenvalue weighted by Gasteiger charge is -2.37. The molecule has 2 bridgehead atoms. The van der Waals surface area contributed by atoms with Gasteiger partial charge in [-0.2, -0.15) is 4.31 Å². The summed E-state index contributed by atoms with van der Waals surface area (Å²) >= 11 is 6.85. The van der Waals surface area contributed by atoms with Crippen molar-refractivity contribution in [3.63, 3.8) is 0 Å². The van der Waals surface area contributed by atoms with Crippen LogP contribution in [0.2, 0.25) is 4.34 Å². The average molecular weight is 431 g/mol. The van der Waals surface area contributed by atoms with Gasteiger partial charge in [0, 0.05) is 26.2 Å². The van der Waals surface area contributed by atoms with Gasteiger partial charge in [-0.1, -0.05) is 23.8 Å². The van der Waals surface area contributed by atoms with Crippen LogP contribution in [0.1, 0.15) is 6.42 Å². The molecule has 2 heterocycles. The molecular weight excluding hydrogens is 412 g/mol. The Morgan fingerprint density at radius 2 is 1.70 bits per heavy atom. The summed E-state index contributed by atoms with van der Waals surface area (Å²) in [5, 5.41) is 9.53. The maximum Gasteiger partial charge on any atom is 0.307 e. The Hall–Kier alpha value is -1.42. The fourth-order valence-electron chi connectivity index (χ4n) is 4.42. The topological polar surface area (TPSA) is 95.0 Å². The number of rotatable bonds is 4. The first-order chi connectivity index (χ1) is 12.8. The number of allylic oxidation sites excluding steroid dienone is 2. The number of carboxylic acids is 1. The van der Waals surface area contributed by atoms with Crippen molar-refractivity contribution in [1.29, 1.82) is 0 Å². The van der Waals surface area contributed by atoms with Crippen LogP contribution in [0.15, 0.2) is 28.5 Å². The molecule has 1 saturated carbocycles. The molecule has 1 aliphatic heterocycles. The van der Waals surface area contributed by atoms with Crippen LogP contribution in [0.5, 0.6) is 0 Å². The van der Waals surface area contributed by atoms with Crippen molar-refractivity contribution >= 4 is 44.8 Å². The lowest BCUT2D eigenvalue weighted by molar-refractivity contribution is -0.151. The molecule has 7 nitrogen and oxygen atoms in total. The lowest BCUT2D eigenvalue weighted by Crippen LogP contribution is -2.53. The Morgan fingerprint density at radius 3 is 2.26 bits per heavy atom. The number of sulfonamides is 1. The number of carbonyl (C=O) groups is 2. The molecule has 0 spiro atoms. The van der Waals surface area contributed by atoms with E-state index in [0.717, 1.165) is 11.3 Å². The molecule has 1 saturated heterocycles. The van der Waals surface area contributed by atoms with Crippen LogP contribution >= 0.6 is 22.9 Å². The molecule has 0 radical (unpaired) electrons. The zero-order valence-corrected chi connectivity index (χ0v) is 16.7. The summed E-state index contributed by atoms with van der Waals surface area (Å²) in [6, 6.07) is 3.03. The molecule has 146 valence electrons. The summed E-state index contributed by atoms with van der Waals surface area (Å²) in [5.74, 6) is -2.43. The Kier molecular flexibility index (Phi) is 4.82. The van der Waals surface area contributed by atoms with Crippen LogP contribution in [-0.4, -0.2) is 60.8 Å². The Bertz CT molecular complexity index is 904. The molecule has 1 amide bonds. The van der Waals surface area contributed by atoms with Gasteiger partial charge in [0.25, 0.3) is 10.0 Å². The van der Waals surface area contributed by atoms with E-state index in [1.54, 1.807) is 11.0 Å². The monoisotopic (exact) mass is 430 g/mol. The molecule has 2 fully saturated rings. The van der Waals surface area contributed by atoms with Gasteiger partial charge in [-0.3, -0.25) is 9.59 Å². The molecular formula is C17H19ClN2O5S2. The highest BCUT2D eigenvalue weighted by molar-refractivity contribution is 7.91. The van der Waals surface area contributed by atoms with Gasteiger partial charge < -0.3 is 10.0 Å². The number of hydrogen-bond acceptors (Lipinski definition) is 5. The maximum absolute atomic E-state index is 13.0. The van der Waals surface area contributed by atoms with E-state index in [9.17, 15) is 23.1 Å². The van der Waals surface area contributed by atoms with Gasteiger partial charge in [0.15, 0.2) is 0 Å². The number of amides is 1. The highest BCUT2D eigenvalue weighted by atomic mass is 35.5. The number of hydrogen-bond donors (Lipinski definition) is 1. The first-order valence-corrected chi connectivity index (χ1v) is 11.4. The van der Waals surface area contributed by atoms with Crippen molar-refractivity contribution < 1.29 is 23.1 Å². The number of halogens is 1. The van der Waals surface area contributed by atoms with E-state index in [1.807, 2.05) is 12.2 Å². The Labute approximate surface area is 166 Å². The number of nitrogens with zero attached hydrogens (tertiary/aromatic N) is 2. The molecule has 3 aliphatic rings. The molecule has 1 aromatic heterocycles. The van der Waals surface area contributed by atoms with Crippen LogP contribution < -0.4 is 0 Å². The van der Waals surface area contributed by atoms with E-state index in [-0.39, 0.29) is 48.1 Å². The van der Waals surface area contributed by atoms with Crippen molar-refractivity contribution in [3.05, 3.63) is 28.6 Å². The second-order valence-corrected chi connectivity index (χ2v) is 11.0. The predicted octanol–water partition coefficient (Wildman–Crippen LogP) is 1.76. The van der Waals surface area contributed by atoms with Crippen LogP contribution in [0.25, 0.3) is 0 Å². The minimum Gasteiger partial charge on any atom is -0.481 e. The van der Waals surface area contributed by atoms with E-state index >= 15 is 0 Å². The van der Waals surface area contributed by atoms with E-state index in [2.05, 4.69) is 0 Å². The van der Waals surface area contributed by atoms with Crippen molar-refractivity contribution in [3.8, 4) is 0 Å². The minimum atomic E-state index is -3.62. The van der Waals surface area contributed by atoms with E-state index in [0.29, 0.717) is 10.8 Å². The molecule has 1 aromatic rings.